The zero-order chi connectivity index (χ0) is 38.5. The van der Waals surface area contributed by atoms with E-state index >= 15 is 0 Å². The zero-order valence-corrected chi connectivity index (χ0v) is 29.2. The smallest absolute Gasteiger partial charge is 0.187 e. The minimum atomic E-state index is -1.90. The van der Waals surface area contributed by atoms with Gasteiger partial charge in [0, 0.05) is 18.8 Å². The summed E-state index contributed by atoms with van der Waals surface area (Å²) in [6, 6.07) is 0. The molecule has 14 N–H and O–H groups in total. The second kappa shape index (κ2) is 17.4. The van der Waals surface area contributed by atoms with Crippen LogP contribution in [0, 0.1) is 11.8 Å². The van der Waals surface area contributed by atoms with E-state index in [0.29, 0.717) is 6.42 Å². The standard InChI is InChI=1S/C33H56O20/c1-10-21(39)24(42)27(45)31(48-10)47-9-20-23(41)26(44)30(53-32-28(46)25(43)22(40)19(8-34)51-32)33(52-20)50-18-7-13-15(37)5-12(35)6-17(13)49-29(18)11-2-3-14(36)16(38)4-11/h10-46H,2-9H2,1H3/p+1. The van der Waals surface area contributed by atoms with E-state index in [1.807, 2.05) is 0 Å². The minimum Gasteiger partial charge on any atom is -0.427 e. The lowest BCUT2D eigenvalue weighted by Gasteiger charge is -2.50. The third kappa shape index (κ3) is 8.72. The maximum Gasteiger partial charge on any atom is 0.187 e. The van der Waals surface area contributed by atoms with Gasteiger partial charge in [0.1, 0.15) is 73.2 Å². The summed E-state index contributed by atoms with van der Waals surface area (Å²) < 4.78 is 40.3. The van der Waals surface area contributed by atoms with E-state index in [2.05, 4.69) is 0 Å². The van der Waals surface area contributed by atoms with Crippen LogP contribution in [-0.2, 0) is 28.4 Å². The first kappa shape index (κ1) is 41.8. The van der Waals surface area contributed by atoms with E-state index < -0.39 is 154 Å². The molecule has 308 valence electrons. The molecule has 0 radical (unpaired) electrons. The normalized spacial score (nSPS) is 55.4. The molecule has 24 unspecified atom stereocenters. The molecule has 4 aliphatic heterocycles. The Hall–Kier alpha value is -0.800. The number of hydrogen-bond acceptors (Lipinski definition) is 19. The Kier molecular flexibility index (Phi) is 13.7. The summed E-state index contributed by atoms with van der Waals surface area (Å²) in [7, 11) is 0. The van der Waals surface area contributed by atoms with Gasteiger partial charge in [0.15, 0.2) is 31.1 Å². The fourth-order valence-corrected chi connectivity index (χ4v) is 8.65. The maximum absolute atomic E-state index is 11.5. The zero-order valence-electron chi connectivity index (χ0n) is 29.2. The van der Waals surface area contributed by atoms with E-state index in [4.69, 9.17) is 33.2 Å². The molecule has 6 aliphatic rings. The Labute approximate surface area is 305 Å². The fraction of sp³-hybridized carbons (Fsp3) is 1.00. The quantitative estimate of drug-likeness (QED) is 0.0968. The molecule has 0 aromatic heterocycles. The molecule has 0 aromatic rings. The van der Waals surface area contributed by atoms with Crippen molar-refractivity contribution in [1.29, 1.82) is 0 Å². The van der Waals surface area contributed by atoms with Crippen LogP contribution < -0.4 is 0 Å². The predicted molar refractivity (Wildman–Crippen MR) is 171 cm³/mol. The molecular weight excluding hydrogens is 716 g/mol. The van der Waals surface area contributed by atoms with Crippen molar-refractivity contribution in [3.8, 4) is 0 Å². The van der Waals surface area contributed by atoms with E-state index in [0.717, 1.165) is 0 Å². The number of ether oxygens (including phenoxy) is 7. The summed E-state index contributed by atoms with van der Waals surface area (Å²) in [5, 5.41) is 137. The van der Waals surface area contributed by atoms with Gasteiger partial charge in [-0.15, -0.1) is 0 Å². The van der Waals surface area contributed by atoms with Crippen molar-refractivity contribution < 1.29 is 99.5 Å². The molecular formula is C33H57O20+. The first-order valence-electron chi connectivity index (χ1n) is 18.5. The van der Waals surface area contributed by atoms with E-state index in [1.54, 1.807) is 0 Å². The first-order chi connectivity index (χ1) is 25.1. The Balaban J connectivity index is 1.27. The maximum atomic E-state index is 11.5. The highest BCUT2D eigenvalue weighted by Gasteiger charge is 2.57. The number of aliphatic hydroxyl groups excluding tert-OH is 13. The van der Waals surface area contributed by atoms with Gasteiger partial charge < -0.3 is 99.5 Å². The second-order valence-electron chi connectivity index (χ2n) is 15.5. The third-order valence-electron chi connectivity index (χ3n) is 11.9. The van der Waals surface area contributed by atoms with Crippen molar-refractivity contribution in [2.24, 2.45) is 11.8 Å². The largest absolute Gasteiger partial charge is 0.427 e. The lowest BCUT2D eigenvalue weighted by Crippen LogP contribution is -2.66. The van der Waals surface area contributed by atoms with Crippen molar-refractivity contribution in [3.05, 3.63) is 0 Å². The number of aliphatic hydroxyl groups is 15. The van der Waals surface area contributed by atoms with Crippen molar-refractivity contribution in [3.63, 3.8) is 0 Å². The van der Waals surface area contributed by atoms with Crippen LogP contribution in [0.25, 0.3) is 0 Å². The molecule has 6 fully saturated rings. The molecule has 24 atom stereocenters. The van der Waals surface area contributed by atoms with Crippen LogP contribution in [0.4, 0.5) is 0 Å². The lowest BCUT2D eigenvalue weighted by atomic mass is 9.72. The minimum absolute atomic E-state index is 0.106. The van der Waals surface area contributed by atoms with E-state index in [9.17, 15) is 66.4 Å². The molecule has 6 rings (SSSR count). The highest BCUT2D eigenvalue weighted by Crippen LogP contribution is 2.43. The average molecular weight is 774 g/mol. The molecule has 20 heteroatoms. The first-order valence-corrected chi connectivity index (χ1v) is 18.5. The van der Waals surface area contributed by atoms with Gasteiger partial charge in [0.2, 0.25) is 0 Å². The Morgan fingerprint density at radius 2 is 1.25 bits per heavy atom. The molecule has 20 nitrogen and oxygen atoms in total. The average Bonchev–Trinajstić information content (AvgIpc) is 3.12. The predicted octanol–water partition coefficient (Wildman–Crippen LogP) is -6.83. The highest BCUT2D eigenvalue weighted by molar-refractivity contribution is 4.99. The van der Waals surface area contributed by atoms with Crippen molar-refractivity contribution >= 4 is 0 Å². The van der Waals surface area contributed by atoms with Crippen LogP contribution in [0.5, 0.6) is 0 Å². The van der Waals surface area contributed by atoms with Gasteiger partial charge in [-0.25, -0.2) is 0 Å². The lowest BCUT2D eigenvalue weighted by molar-refractivity contribution is -0.390. The van der Waals surface area contributed by atoms with Gasteiger partial charge in [0.25, 0.3) is 0 Å². The van der Waals surface area contributed by atoms with Crippen LogP contribution in [0.1, 0.15) is 45.4 Å². The van der Waals surface area contributed by atoms with Crippen LogP contribution >= 0.6 is 0 Å². The molecule has 0 amide bonds. The molecule has 0 aromatic carbocycles. The third-order valence-corrected chi connectivity index (χ3v) is 11.9. The van der Waals surface area contributed by atoms with E-state index in [-0.39, 0.29) is 38.0 Å². The fourth-order valence-electron chi connectivity index (χ4n) is 8.65. The molecule has 4 saturated heterocycles. The molecule has 53 heavy (non-hydrogen) atoms. The summed E-state index contributed by atoms with van der Waals surface area (Å²) >= 11 is 0. The van der Waals surface area contributed by atoms with Gasteiger partial charge in [-0.05, 0) is 32.6 Å². The van der Waals surface area contributed by atoms with Gasteiger partial charge in [-0.1, -0.05) is 0 Å². The van der Waals surface area contributed by atoms with Crippen LogP contribution in [0.3, 0.4) is 0 Å². The highest BCUT2D eigenvalue weighted by atomic mass is 16.8. The van der Waals surface area contributed by atoms with E-state index in [1.165, 1.54) is 6.92 Å². The number of fused-ring (bicyclic) bond motifs is 1. The van der Waals surface area contributed by atoms with Crippen molar-refractivity contribution in [2.45, 2.75) is 180 Å². The van der Waals surface area contributed by atoms with Crippen LogP contribution in [-0.4, -0.2) is 219 Å². The summed E-state index contributed by atoms with van der Waals surface area (Å²) in [5.41, 5.74) is 0. The van der Waals surface area contributed by atoms with Gasteiger partial charge in [-0.3, -0.25) is 0 Å². The summed E-state index contributed by atoms with van der Waals surface area (Å²) in [4.78, 5) is 0. The Bertz CT molecular complexity index is 1170. The van der Waals surface area contributed by atoms with Gasteiger partial charge >= 0.3 is 0 Å². The van der Waals surface area contributed by atoms with Crippen molar-refractivity contribution in [2.75, 3.05) is 13.2 Å². The van der Waals surface area contributed by atoms with Crippen LogP contribution in [0.2, 0.25) is 0 Å². The van der Waals surface area contributed by atoms with Gasteiger partial charge in [0.05, 0.1) is 49.7 Å². The van der Waals surface area contributed by atoms with Crippen molar-refractivity contribution in [1.82, 2.24) is 0 Å². The Morgan fingerprint density at radius 1 is 0.585 bits per heavy atom. The SMILES string of the molecule is CC1OC(OCC2OC(OC3CC4C(O)CC(O)CC4[OH+]C3C3CCC(O)C(O)C3)C(OC3OC(CO)C(O)C(O)C3O)C(O)C2O)C(O)C(O)C1O. The molecule has 4 heterocycles. The monoisotopic (exact) mass is 773 g/mol. The topological polar surface area (TPSA) is 331 Å². The second-order valence-corrected chi connectivity index (χ2v) is 15.5. The number of rotatable bonds is 9. The van der Waals surface area contributed by atoms with Crippen LogP contribution in [0.15, 0.2) is 0 Å². The molecule has 0 bridgehead atoms. The molecule has 0 spiro atoms. The summed E-state index contributed by atoms with van der Waals surface area (Å²) in [6.45, 7) is 0.111. The molecule has 2 aliphatic carbocycles. The summed E-state index contributed by atoms with van der Waals surface area (Å²) in [6.07, 6.45) is -28.5. The van der Waals surface area contributed by atoms with Gasteiger partial charge in [-0.2, -0.15) is 0 Å². The molecule has 2 saturated carbocycles. The number of hydrogen-bond donors (Lipinski definition) is 13. The summed E-state index contributed by atoms with van der Waals surface area (Å²) in [5.74, 6) is -0.789. The Morgan fingerprint density at radius 3 is 1.94 bits per heavy atom.